The van der Waals surface area contributed by atoms with E-state index >= 15 is 0 Å². The molecule has 1 aliphatic heterocycles. The SMILES string of the molecule is CCc1nc(C)nc(N2CCN(C(=O)/C=C/c3ccccc3)CC2)c1Cc1cccc(F)c1. The third-order valence-corrected chi connectivity index (χ3v) is 5.90. The van der Waals surface area contributed by atoms with E-state index in [1.54, 1.807) is 18.2 Å². The van der Waals surface area contributed by atoms with Crippen LogP contribution in [0.2, 0.25) is 0 Å². The summed E-state index contributed by atoms with van der Waals surface area (Å²) in [5.74, 6) is 1.41. The number of benzene rings is 2. The Morgan fingerprint density at radius 3 is 2.48 bits per heavy atom. The molecule has 6 heteroatoms. The number of piperazine rings is 1. The molecule has 0 bridgehead atoms. The van der Waals surface area contributed by atoms with Crippen molar-refractivity contribution in [2.75, 3.05) is 31.1 Å². The third kappa shape index (κ3) is 5.64. The van der Waals surface area contributed by atoms with Gasteiger partial charge in [0.2, 0.25) is 5.91 Å². The molecule has 33 heavy (non-hydrogen) atoms. The fraction of sp³-hybridized carbons (Fsp3) is 0.296. The maximum absolute atomic E-state index is 13.8. The smallest absolute Gasteiger partial charge is 0.246 e. The standard InChI is InChI=1S/C27H29FN4O/c1-3-25-24(19-22-10-7-11-23(28)18-22)27(30-20(2)29-25)32-16-14-31(15-17-32)26(33)13-12-21-8-5-4-6-9-21/h4-13,18H,3,14-17,19H2,1-2H3/b13-12+. The first kappa shape index (κ1) is 22.6. The lowest BCUT2D eigenvalue weighted by Crippen LogP contribution is -2.49. The summed E-state index contributed by atoms with van der Waals surface area (Å²) in [5.41, 5.74) is 3.94. The van der Waals surface area contributed by atoms with Gasteiger partial charge >= 0.3 is 0 Å². The average Bonchev–Trinajstić information content (AvgIpc) is 2.84. The van der Waals surface area contributed by atoms with Crippen molar-refractivity contribution in [1.29, 1.82) is 0 Å². The summed E-state index contributed by atoms with van der Waals surface area (Å²) < 4.78 is 13.8. The molecule has 0 atom stereocenters. The number of amides is 1. The first-order valence-electron chi connectivity index (χ1n) is 11.4. The van der Waals surface area contributed by atoms with Crippen molar-refractivity contribution in [1.82, 2.24) is 14.9 Å². The van der Waals surface area contributed by atoms with E-state index in [1.807, 2.05) is 54.3 Å². The highest BCUT2D eigenvalue weighted by atomic mass is 19.1. The van der Waals surface area contributed by atoms with Gasteiger partial charge in [-0.15, -0.1) is 0 Å². The Balaban J connectivity index is 1.50. The summed E-state index contributed by atoms with van der Waals surface area (Å²) in [6, 6.07) is 16.5. The lowest BCUT2D eigenvalue weighted by atomic mass is 10.0. The van der Waals surface area contributed by atoms with E-state index < -0.39 is 0 Å². The van der Waals surface area contributed by atoms with E-state index in [2.05, 4.69) is 16.8 Å². The van der Waals surface area contributed by atoms with Crippen LogP contribution in [0.25, 0.3) is 6.08 Å². The molecule has 1 aliphatic rings. The molecule has 5 nitrogen and oxygen atoms in total. The molecule has 1 fully saturated rings. The number of carbonyl (C=O) groups excluding carboxylic acids is 1. The number of rotatable bonds is 6. The fourth-order valence-corrected chi connectivity index (χ4v) is 4.20. The van der Waals surface area contributed by atoms with Gasteiger partial charge in [-0.3, -0.25) is 4.79 Å². The fourth-order valence-electron chi connectivity index (χ4n) is 4.20. The molecule has 1 aromatic heterocycles. The topological polar surface area (TPSA) is 49.3 Å². The van der Waals surface area contributed by atoms with Crippen LogP contribution in [0.5, 0.6) is 0 Å². The number of aryl methyl sites for hydroxylation is 2. The summed E-state index contributed by atoms with van der Waals surface area (Å²) in [6.45, 7) is 6.63. The van der Waals surface area contributed by atoms with Gasteiger partial charge in [-0.05, 0) is 42.7 Å². The van der Waals surface area contributed by atoms with E-state index in [1.165, 1.54) is 6.07 Å². The molecule has 0 unspecified atom stereocenters. The predicted octanol–water partition coefficient (Wildman–Crippen LogP) is 4.44. The van der Waals surface area contributed by atoms with Crippen LogP contribution in [0.4, 0.5) is 10.2 Å². The number of nitrogens with zero attached hydrogens (tertiary/aromatic N) is 4. The van der Waals surface area contributed by atoms with Crippen LogP contribution in [0.3, 0.4) is 0 Å². The molecule has 1 amide bonds. The van der Waals surface area contributed by atoms with Gasteiger partial charge < -0.3 is 9.80 Å². The molecule has 170 valence electrons. The van der Waals surface area contributed by atoms with Crippen LogP contribution in [-0.4, -0.2) is 47.0 Å². The van der Waals surface area contributed by atoms with Gasteiger partial charge in [0.1, 0.15) is 17.5 Å². The minimum absolute atomic E-state index is 0.0200. The van der Waals surface area contributed by atoms with Crippen LogP contribution >= 0.6 is 0 Å². The highest BCUT2D eigenvalue weighted by Gasteiger charge is 2.24. The molecular formula is C27H29FN4O. The Morgan fingerprint density at radius 1 is 1.03 bits per heavy atom. The summed E-state index contributed by atoms with van der Waals surface area (Å²) in [4.78, 5) is 26.2. The van der Waals surface area contributed by atoms with Crippen LogP contribution in [0.15, 0.2) is 60.7 Å². The summed E-state index contributed by atoms with van der Waals surface area (Å²) in [6.07, 6.45) is 4.86. The number of halogens is 1. The second kappa shape index (κ2) is 10.4. The number of anilines is 1. The van der Waals surface area contributed by atoms with Crippen molar-refractivity contribution in [3.8, 4) is 0 Å². The van der Waals surface area contributed by atoms with Crippen molar-refractivity contribution in [3.63, 3.8) is 0 Å². The summed E-state index contributed by atoms with van der Waals surface area (Å²) in [5, 5.41) is 0. The van der Waals surface area contributed by atoms with Crippen molar-refractivity contribution in [2.24, 2.45) is 0 Å². The van der Waals surface area contributed by atoms with E-state index in [9.17, 15) is 9.18 Å². The minimum Gasteiger partial charge on any atom is -0.353 e. The Bertz CT molecular complexity index is 1140. The maximum Gasteiger partial charge on any atom is 0.246 e. The molecule has 0 radical (unpaired) electrons. The zero-order chi connectivity index (χ0) is 23.2. The lowest BCUT2D eigenvalue weighted by molar-refractivity contribution is -0.126. The number of hydrogen-bond acceptors (Lipinski definition) is 4. The molecule has 3 aromatic rings. The van der Waals surface area contributed by atoms with Crippen molar-refractivity contribution >= 4 is 17.8 Å². The largest absolute Gasteiger partial charge is 0.353 e. The molecular weight excluding hydrogens is 415 g/mol. The van der Waals surface area contributed by atoms with E-state index in [0.717, 1.165) is 40.4 Å². The van der Waals surface area contributed by atoms with Gasteiger partial charge in [0.25, 0.3) is 0 Å². The maximum atomic E-state index is 13.8. The minimum atomic E-state index is -0.240. The Kier molecular flexibility index (Phi) is 7.13. The quantitative estimate of drug-likeness (QED) is 0.528. The molecule has 0 spiro atoms. The highest BCUT2D eigenvalue weighted by Crippen LogP contribution is 2.26. The summed E-state index contributed by atoms with van der Waals surface area (Å²) in [7, 11) is 0. The van der Waals surface area contributed by atoms with Crippen LogP contribution in [-0.2, 0) is 17.6 Å². The van der Waals surface area contributed by atoms with Gasteiger partial charge in [0.05, 0.1) is 0 Å². The summed E-state index contributed by atoms with van der Waals surface area (Å²) >= 11 is 0. The zero-order valence-corrected chi connectivity index (χ0v) is 19.2. The zero-order valence-electron chi connectivity index (χ0n) is 19.2. The molecule has 4 rings (SSSR count). The molecule has 2 aromatic carbocycles. The highest BCUT2D eigenvalue weighted by molar-refractivity contribution is 5.92. The van der Waals surface area contributed by atoms with E-state index in [0.29, 0.717) is 32.6 Å². The van der Waals surface area contributed by atoms with Crippen molar-refractivity contribution in [2.45, 2.75) is 26.7 Å². The average molecular weight is 445 g/mol. The number of carbonyl (C=O) groups is 1. The van der Waals surface area contributed by atoms with Gasteiger partial charge in [-0.25, -0.2) is 14.4 Å². The molecule has 0 saturated carbocycles. The molecule has 1 saturated heterocycles. The van der Waals surface area contributed by atoms with Crippen molar-refractivity contribution < 1.29 is 9.18 Å². The van der Waals surface area contributed by atoms with Gasteiger partial charge in [0.15, 0.2) is 0 Å². The van der Waals surface area contributed by atoms with Gasteiger partial charge in [0, 0.05) is 49.9 Å². The Morgan fingerprint density at radius 2 is 1.79 bits per heavy atom. The number of hydrogen-bond donors (Lipinski definition) is 0. The first-order chi connectivity index (χ1) is 16.0. The number of aromatic nitrogens is 2. The van der Waals surface area contributed by atoms with E-state index in [4.69, 9.17) is 4.98 Å². The molecule has 0 N–H and O–H groups in total. The van der Waals surface area contributed by atoms with E-state index in [-0.39, 0.29) is 11.7 Å². The Hall–Kier alpha value is -3.54. The normalized spacial score (nSPS) is 14.2. The van der Waals surface area contributed by atoms with Gasteiger partial charge in [-0.2, -0.15) is 0 Å². The van der Waals surface area contributed by atoms with Gasteiger partial charge in [-0.1, -0.05) is 49.4 Å². The van der Waals surface area contributed by atoms with Crippen LogP contribution < -0.4 is 4.90 Å². The van der Waals surface area contributed by atoms with Crippen molar-refractivity contribution in [3.05, 3.63) is 94.7 Å². The molecule has 2 heterocycles. The second-order valence-electron chi connectivity index (χ2n) is 8.24. The monoisotopic (exact) mass is 444 g/mol. The third-order valence-electron chi connectivity index (χ3n) is 5.90. The first-order valence-corrected chi connectivity index (χ1v) is 11.4. The lowest BCUT2D eigenvalue weighted by Gasteiger charge is -2.36. The van der Waals surface area contributed by atoms with Crippen LogP contribution in [0, 0.1) is 12.7 Å². The molecule has 0 aliphatic carbocycles. The second-order valence-corrected chi connectivity index (χ2v) is 8.24. The van der Waals surface area contributed by atoms with Crippen LogP contribution in [0.1, 0.15) is 35.1 Å². The Labute approximate surface area is 194 Å². The predicted molar refractivity (Wildman–Crippen MR) is 130 cm³/mol.